The van der Waals surface area contributed by atoms with Gasteiger partial charge in [0.15, 0.2) is 11.5 Å². The van der Waals surface area contributed by atoms with Crippen molar-refractivity contribution >= 4 is 5.82 Å². The molecular formula is C17H18N4O. The van der Waals surface area contributed by atoms with E-state index in [2.05, 4.69) is 15.1 Å². The van der Waals surface area contributed by atoms with Gasteiger partial charge >= 0.3 is 0 Å². The standard InChI is InChI=1S/C17H18N4O/c18-12-15-6-7-16(20-19-15)21-10-8-14(9-11-21)17(22)13-4-2-1-3-5-13/h1-7,14,17,22H,8-11H2. The molecule has 5 heteroatoms. The molecule has 1 saturated heterocycles. The molecule has 1 atom stereocenters. The Morgan fingerprint density at radius 3 is 2.41 bits per heavy atom. The first kappa shape index (κ1) is 14.5. The summed E-state index contributed by atoms with van der Waals surface area (Å²) in [6, 6.07) is 15.3. The van der Waals surface area contributed by atoms with E-state index in [1.165, 1.54) is 0 Å². The van der Waals surface area contributed by atoms with Crippen LogP contribution >= 0.6 is 0 Å². The van der Waals surface area contributed by atoms with Crippen molar-refractivity contribution in [3.05, 3.63) is 53.7 Å². The minimum Gasteiger partial charge on any atom is -0.388 e. The van der Waals surface area contributed by atoms with Gasteiger partial charge in [0, 0.05) is 13.1 Å². The fraction of sp³-hybridized carbons (Fsp3) is 0.353. The van der Waals surface area contributed by atoms with Gasteiger partial charge in [0.25, 0.3) is 0 Å². The second-order valence-corrected chi connectivity index (χ2v) is 5.57. The van der Waals surface area contributed by atoms with Crippen LogP contribution in [0.2, 0.25) is 0 Å². The number of aliphatic hydroxyl groups is 1. The van der Waals surface area contributed by atoms with Crippen LogP contribution in [0.5, 0.6) is 0 Å². The molecule has 22 heavy (non-hydrogen) atoms. The Labute approximate surface area is 129 Å². The van der Waals surface area contributed by atoms with E-state index in [4.69, 9.17) is 5.26 Å². The smallest absolute Gasteiger partial charge is 0.163 e. The van der Waals surface area contributed by atoms with Crippen LogP contribution in [0.15, 0.2) is 42.5 Å². The number of aliphatic hydroxyl groups excluding tert-OH is 1. The van der Waals surface area contributed by atoms with Crippen molar-refractivity contribution < 1.29 is 5.11 Å². The Morgan fingerprint density at radius 2 is 1.82 bits per heavy atom. The Kier molecular flexibility index (Phi) is 4.31. The Balaban J connectivity index is 1.61. The van der Waals surface area contributed by atoms with Crippen LogP contribution in [0.1, 0.15) is 30.2 Å². The molecule has 0 bridgehead atoms. The minimum atomic E-state index is -0.407. The fourth-order valence-electron chi connectivity index (χ4n) is 2.92. The van der Waals surface area contributed by atoms with E-state index in [1.54, 1.807) is 6.07 Å². The van der Waals surface area contributed by atoms with Crippen molar-refractivity contribution in [2.24, 2.45) is 5.92 Å². The van der Waals surface area contributed by atoms with Gasteiger partial charge in [0.1, 0.15) is 6.07 Å². The maximum Gasteiger partial charge on any atom is 0.163 e. The van der Waals surface area contributed by atoms with Crippen molar-refractivity contribution in [1.82, 2.24) is 10.2 Å². The van der Waals surface area contributed by atoms with E-state index in [0.29, 0.717) is 5.69 Å². The van der Waals surface area contributed by atoms with E-state index in [-0.39, 0.29) is 5.92 Å². The highest BCUT2D eigenvalue weighted by Gasteiger charge is 2.26. The Bertz CT molecular complexity index is 643. The lowest BCUT2D eigenvalue weighted by molar-refractivity contribution is 0.0928. The summed E-state index contributed by atoms with van der Waals surface area (Å²) in [5.74, 6) is 1.07. The third-order valence-corrected chi connectivity index (χ3v) is 4.22. The molecule has 0 radical (unpaired) electrons. The molecule has 0 saturated carbocycles. The quantitative estimate of drug-likeness (QED) is 0.940. The lowest BCUT2D eigenvalue weighted by Gasteiger charge is -2.34. The van der Waals surface area contributed by atoms with Gasteiger partial charge < -0.3 is 10.0 Å². The molecule has 3 rings (SSSR count). The van der Waals surface area contributed by atoms with E-state index in [1.807, 2.05) is 42.5 Å². The van der Waals surface area contributed by atoms with Gasteiger partial charge in [-0.3, -0.25) is 0 Å². The minimum absolute atomic E-state index is 0.269. The first-order chi connectivity index (χ1) is 10.8. The summed E-state index contributed by atoms with van der Waals surface area (Å²) in [6.07, 6.45) is 1.42. The molecule has 0 spiro atoms. The normalized spacial score (nSPS) is 17.0. The predicted octanol–water partition coefficient (Wildman–Crippen LogP) is 2.30. The molecule has 1 fully saturated rings. The molecule has 2 heterocycles. The summed E-state index contributed by atoms with van der Waals surface area (Å²) in [7, 11) is 0. The second kappa shape index (κ2) is 6.54. The first-order valence-electron chi connectivity index (χ1n) is 7.49. The van der Waals surface area contributed by atoms with Crippen LogP contribution < -0.4 is 4.90 Å². The molecule has 112 valence electrons. The van der Waals surface area contributed by atoms with Crippen molar-refractivity contribution in [1.29, 1.82) is 5.26 Å². The fourth-order valence-corrected chi connectivity index (χ4v) is 2.92. The lowest BCUT2D eigenvalue weighted by atomic mass is 9.87. The van der Waals surface area contributed by atoms with E-state index >= 15 is 0 Å². The van der Waals surface area contributed by atoms with Crippen molar-refractivity contribution in [2.75, 3.05) is 18.0 Å². The SMILES string of the molecule is N#Cc1ccc(N2CCC(C(O)c3ccccc3)CC2)nn1. The van der Waals surface area contributed by atoms with Crippen LogP contribution in [0.4, 0.5) is 5.82 Å². The van der Waals surface area contributed by atoms with Crippen LogP contribution in [0.3, 0.4) is 0 Å². The zero-order valence-electron chi connectivity index (χ0n) is 12.3. The van der Waals surface area contributed by atoms with Gasteiger partial charge in [-0.05, 0) is 36.5 Å². The number of anilines is 1. The maximum atomic E-state index is 10.5. The average molecular weight is 294 g/mol. The molecular weight excluding hydrogens is 276 g/mol. The Morgan fingerprint density at radius 1 is 1.09 bits per heavy atom. The van der Waals surface area contributed by atoms with E-state index in [9.17, 15) is 5.11 Å². The number of nitriles is 1. The lowest BCUT2D eigenvalue weighted by Crippen LogP contribution is -2.36. The highest BCUT2D eigenvalue weighted by Crippen LogP contribution is 2.31. The number of hydrogen-bond donors (Lipinski definition) is 1. The molecule has 1 N–H and O–H groups in total. The summed E-state index contributed by atoms with van der Waals surface area (Å²) >= 11 is 0. The number of nitrogens with zero attached hydrogens (tertiary/aromatic N) is 4. The topological polar surface area (TPSA) is 73.0 Å². The summed E-state index contributed by atoms with van der Waals surface area (Å²) in [5, 5.41) is 27.2. The molecule has 0 aliphatic carbocycles. The van der Waals surface area contributed by atoms with Gasteiger partial charge in [-0.25, -0.2) is 0 Å². The number of hydrogen-bond acceptors (Lipinski definition) is 5. The molecule has 1 aliphatic heterocycles. The van der Waals surface area contributed by atoms with Gasteiger partial charge in [0.05, 0.1) is 6.10 Å². The highest BCUT2D eigenvalue weighted by atomic mass is 16.3. The monoisotopic (exact) mass is 294 g/mol. The van der Waals surface area contributed by atoms with Gasteiger partial charge in [-0.1, -0.05) is 30.3 Å². The van der Waals surface area contributed by atoms with E-state index < -0.39 is 6.10 Å². The number of benzene rings is 1. The van der Waals surface area contributed by atoms with Crippen LogP contribution in [0, 0.1) is 17.2 Å². The highest BCUT2D eigenvalue weighted by molar-refractivity contribution is 5.39. The van der Waals surface area contributed by atoms with Gasteiger partial charge in [0.2, 0.25) is 0 Å². The third-order valence-electron chi connectivity index (χ3n) is 4.22. The molecule has 0 amide bonds. The van der Waals surface area contributed by atoms with Gasteiger partial charge in [-0.15, -0.1) is 10.2 Å². The average Bonchev–Trinajstić information content (AvgIpc) is 2.62. The van der Waals surface area contributed by atoms with Crippen molar-refractivity contribution in [3.63, 3.8) is 0 Å². The largest absolute Gasteiger partial charge is 0.388 e. The van der Waals surface area contributed by atoms with Crippen LogP contribution in [0.25, 0.3) is 0 Å². The first-order valence-corrected chi connectivity index (χ1v) is 7.49. The van der Waals surface area contributed by atoms with Crippen LogP contribution in [-0.2, 0) is 0 Å². The maximum absolute atomic E-state index is 10.5. The summed E-state index contributed by atoms with van der Waals surface area (Å²) in [6.45, 7) is 1.68. The molecule has 2 aromatic rings. The van der Waals surface area contributed by atoms with Crippen molar-refractivity contribution in [3.8, 4) is 6.07 Å². The van der Waals surface area contributed by atoms with Crippen molar-refractivity contribution in [2.45, 2.75) is 18.9 Å². The van der Waals surface area contributed by atoms with E-state index in [0.717, 1.165) is 37.3 Å². The molecule has 5 nitrogen and oxygen atoms in total. The van der Waals surface area contributed by atoms with Crippen LogP contribution in [-0.4, -0.2) is 28.4 Å². The summed E-state index contributed by atoms with van der Waals surface area (Å²) in [4.78, 5) is 2.16. The molecule has 1 aromatic heterocycles. The summed E-state index contributed by atoms with van der Waals surface area (Å²) in [5.41, 5.74) is 1.32. The number of rotatable bonds is 3. The molecule has 1 unspecified atom stereocenters. The second-order valence-electron chi connectivity index (χ2n) is 5.57. The molecule has 1 aromatic carbocycles. The zero-order valence-corrected chi connectivity index (χ0v) is 12.3. The zero-order chi connectivity index (χ0) is 15.4. The predicted molar refractivity (Wildman–Crippen MR) is 83.1 cm³/mol. The van der Waals surface area contributed by atoms with Gasteiger partial charge in [-0.2, -0.15) is 5.26 Å². The Hall–Kier alpha value is -2.45. The summed E-state index contributed by atoms with van der Waals surface area (Å²) < 4.78 is 0. The molecule has 1 aliphatic rings. The number of aromatic nitrogens is 2. The number of piperidine rings is 1. The third kappa shape index (κ3) is 3.07.